The van der Waals surface area contributed by atoms with Crippen LogP contribution in [0.25, 0.3) is 0 Å². The van der Waals surface area contributed by atoms with Gasteiger partial charge in [0.2, 0.25) is 5.88 Å². The number of hydrogen-bond acceptors (Lipinski definition) is 4. The summed E-state index contributed by atoms with van der Waals surface area (Å²) in [5, 5.41) is 0. The number of aromatic nitrogens is 1. The Morgan fingerprint density at radius 2 is 1.90 bits per heavy atom. The lowest BCUT2D eigenvalue weighted by atomic mass is 10.1. The number of halogens is 3. The second-order valence-corrected chi connectivity index (χ2v) is 4.63. The van der Waals surface area contributed by atoms with Crippen LogP contribution in [0.15, 0.2) is 12.1 Å². The van der Waals surface area contributed by atoms with E-state index in [0.29, 0.717) is 11.6 Å². The van der Waals surface area contributed by atoms with E-state index in [4.69, 9.17) is 4.74 Å². The Morgan fingerprint density at radius 3 is 2.50 bits per heavy atom. The van der Waals surface area contributed by atoms with Gasteiger partial charge in [0, 0.05) is 19.2 Å². The number of hydrogen-bond donors (Lipinski definition) is 0. The molecule has 20 heavy (non-hydrogen) atoms. The number of anilines is 1. The highest BCUT2D eigenvalue weighted by Crippen LogP contribution is 2.31. The van der Waals surface area contributed by atoms with Gasteiger partial charge < -0.3 is 14.4 Å². The summed E-state index contributed by atoms with van der Waals surface area (Å²) in [5.41, 5.74) is 0. The van der Waals surface area contributed by atoms with Crippen molar-refractivity contribution in [3.05, 3.63) is 12.1 Å². The largest absolute Gasteiger partial charge is 0.493 e. The molecule has 2 rings (SSSR count). The maximum atomic E-state index is 12.2. The number of pyridine rings is 1. The Labute approximate surface area is 115 Å². The molecule has 1 aromatic heterocycles. The zero-order chi connectivity index (χ0) is 14.6. The van der Waals surface area contributed by atoms with Gasteiger partial charge in [-0.3, -0.25) is 0 Å². The van der Waals surface area contributed by atoms with Gasteiger partial charge in [-0.25, -0.2) is 0 Å². The SMILES string of the molecule is COc1ccc(OCC(F)(F)F)nc1N1CCCCC1. The van der Waals surface area contributed by atoms with Gasteiger partial charge in [-0.1, -0.05) is 0 Å². The Morgan fingerprint density at radius 1 is 1.20 bits per heavy atom. The normalized spacial score (nSPS) is 16.1. The molecule has 0 radical (unpaired) electrons. The molecule has 7 heteroatoms. The Kier molecular flexibility index (Phi) is 4.57. The molecular formula is C13H17F3N2O2. The molecule has 1 aromatic rings. The van der Waals surface area contributed by atoms with Crippen molar-refractivity contribution in [2.45, 2.75) is 25.4 Å². The second kappa shape index (κ2) is 6.19. The van der Waals surface area contributed by atoms with Crippen LogP contribution in [0.5, 0.6) is 11.6 Å². The summed E-state index contributed by atoms with van der Waals surface area (Å²) >= 11 is 0. The third-order valence-corrected chi connectivity index (χ3v) is 3.07. The molecule has 0 amide bonds. The van der Waals surface area contributed by atoms with Crippen LogP contribution in [-0.4, -0.2) is 38.0 Å². The molecule has 2 heterocycles. The van der Waals surface area contributed by atoms with Crippen LogP contribution in [0.2, 0.25) is 0 Å². The topological polar surface area (TPSA) is 34.6 Å². The predicted octanol–water partition coefficient (Wildman–Crippen LogP) is 3.02. The molecule has 1 fully saturated rings. The van der Waals surface area contributed by atoms with Crippen LogP contribution in [0, 0.1) is 0 Å². The molecule has 1 aliphatic heterocycles. The number of piperidine rings is 1. The number of methoxy groups -OCH3 is 1. The van der Waals surface area contributed by atoms with Gasteiger partial charge in [0.25, 0.3) is 0 Å². The van der Waals surface area contributed by atoms with E-state index in [1.807, 2.05) is 4.90 Å². The van der Waals surface area contributed by atoms with Crippen molar-refractivity contribution < 1.29 is 22.6 Å². The fourth-order valence-electron chi connectivity index (χ4n) is 2.15. The average molecular weight is 290 g/mol. The van der Waals surface area contributed by atoms with Crippen molar-refractivity contribution in [3.8, 4) is 11.6 Å². The summed E-state index contributed by atoms with van der Waals surface area (Å²) in [7, 11) is 1.51. The van der Waals surface area contributed by atoms with E-state index >= 15 is 0 Å². The number of ether oxygens (including phenoxy) is 2. The molecule has 0 atom stereocenters. The first-order chi connectivity index (χ1) is 9.49. The first kappa shape index (κ1) is 14.7. The smallest absolute Gasteiger partial charge is 0.422 e. The van der Waals surface area contributed by atoms with E-state index in [9.17, 15) is 13.2 Å². The van der Waals surface area contributed by atoms with Gasteiger partial charge in [-0.05, 0) is 25.3 Å². The van der Waals surface area contributed by atoms with E-state index in [2.05, 4.69) is 9.72 Å². The summed E-state index contributed by atoms with van der Waals surface area (Å²) in [5.74, 6) is 1.06. The lowest BCUT2D eigenvalue weighted by Crippen LogP contribution is -2.30. The predicted molar refractivity (Wildman–Crippen MR) is 68.4 cm³/mol. The third kappa shape index (κ3) is 3.91. The molecule has 0 spiro atoms. The maximum absolute atomic E-state index is 12.2. The Bertz CT molecular complexity index is 446. The molecule has 0 unspecified atom stereocenters. The number of nitrogens with zero attached hydrogens (tertiary/aromatic N) is 2. The summed E-state index contributed by atoms with van der Waals surface area (Å²) in [6, 6.07) is 2.97. The summed E-state index contributed by atoms with van der Waals surface area (Å²) in [6.45, 7) is 0.309. The summed E-state index contributed by atoms with van der Waals surface area (Å²) in [6.07, 6.45) is -1.13. The van der Waals surface area contributed by atoms with Crippen LogP contribution in [-0.2, 0) is 0 Å². The van der Waals surface area contributed by atoms with Crippen molar-refractivity contribution >= 4 is 5.82 Å². The maximum Gasteiger partial charge on any atom is 0.422 e. The quantitative estimate of drug-likeness (QED) is 0.853. The highest BCUT2D eigenvalue weighted by molar-refractivity contribution is 5.54. The first-order valence-electron chi connectivity index (χ1n) is 6.49. The van der Waals surface area contributed by atoms with E-state index in [0.717, 1.165) is 32.4 Å². The minimum absolute atomic E-state index is 0.0382. The molecule has 0 bridgehead atoms. The van der Waals surface area contributed by atoms with Gasteiger partial charge in [0.05, 0.1) is 7.11 Å². The van der Waals surface area contributed by atoms with Crippen molar-refractivity contribution in [3.63, 3.8) is 0 Å². The highest BCUT2D eigenvalue weighted by atomic mass is 19.4. The molecule has 1 saturated heterocycles. The van der Waals surface area contributed by atoms with E-state index in [1.54, 1.807) is 6.07 Å². The third-order valence-electron chi connectivity index (χ3n) is 3.07. The fraction of sp³-hybridized carbons (Fsp3) is 0.615. The first-order valence-corrected chi connectivity index (χ1v) is 6.49. The molecular weight excluding hydrogens is 273 g/mol. The van der Waals surface area contributed by atoms with Crippen molar-refractivity contribution in [1.29, 1.82) is 0 Å². The lowest BCUT2D eigenvalue weighted by Gasteiger charge is -2.29. The van der Waals surface area contributed by atoms with Gasteiger partial charge in [0.1, 0.15) is 0 Å². The lowest BCUT2D eigenvalue weighted by molar-refractivity contribution is -0.154. The fourth-order valence-corrected chi connectivity index (χ4v) is 2.15. The zero-order valence-corrected chi connectivity index (χ0v) is 11.2. The Hall–Kier alpha value is -1.66. The molecule has 0 aromatic carbocycles. The molecule has 1 aliphatic rings. The van der Waals surface area contributed by atoms with Gasteiger partial charge in [0.15, 0.2) is 18.2 Å². The number of rotatable bonds is 4. The van der Waals surface area contributed by atoms with Crippen molar-refractivity contribution in [2.24, 2.45) is 0 Å². The van der Waals surface area contributed by atoms with Crippen LogP contribution < -0.4 is 14.4 Å². The van der Waals surface area contributed by atoms with Crippen LogP contribution in [0.4, 0.5) is 19.0 Å². The van der Waals surface area contributed by atoms with Crippen LogP contribution in [0.3, 0.4) is 0 Å². The van der Waals surface area contributed by atoms with Gasteiger partial charge >= 0.3 is 6.18 Å². The molecule has 4 nitrogen and oxygen atoms in total. The van der Waals surface area contributed by atoms with Gasteiger partial charge in [-0.15, -0.1) is 0 Å². The minimum atomic E-state index is -4.37. The molecule has 0 saturated carbocycles. The number of alkyl halides is 3. The zero-order valence-electron chi connectivity index (χ0n) is 11.2. The second-order valence-electron chi connectivity index (χ2n) is 4.63. The van der Waals surface area contributed by atoms with Gasteiger partial charge in [-0.2, -0.15) is 18.2 Å². The minimum Gasteiger partial charge on any atom is -0.493 e. The van der Waals surface area contributed by atoms with Crippen LogP contribution in [0.1, 0.15) is 19.3 Å². The Balaban J connectivity index is 2.15. The highest BCUT2D eigenvalue weighted by Gasteiger charge is 2.29. The van der Waals surface area contributed by atoms with E-state index < -0.39 is 12.8 Å². The van der Waals surface area contributed by atoms with Crippen molar-refractivity contribution in [1.82, 2.24) is 4.98 Å². The standard InChI is InChI=1S/C13H17F3N2O2/c1-19-10-5-6-11(20-9-13(14,15)16)17-12(10)18-7-3-2-4-8-18/h5-6H,2-4,7-9H2,1H3. The van der Waals surface area contributed by atoms with Crippen molar-refractivity contribution in [2.75, 3.05) is 31.7 Å². The summed E-state index contributed by atoms with van der Waals surface area (Å²) < 4.78 is 46.4. The average Bonchev–Trinajstić information content (AvgIpc) is 2.45. The van der Waals surface area contributed by atoms with Crippen LogP contribution >= 0.6 is 0 Å². The molecule has 112 valence electrons. The monoisotopic (exact) mass is 290 g/mol. The van der Waals surface area contributed by atoms with E-state index in [-0.39, 0.29) is 5.88 Å². The molecule has 0 aliphatic carbocycles. The van der Waals surface area contributed by atoms with E-state index in [1.165, 1.54) is 13.2 Å². The molecule has 0 N–H and O–H groups in total. The summed E-state index contributed by atoms with van der Waals surface area (Å²) in [4.78, 5) is 6.17.